The lowest BCUT2D eigenvalue weighted by Gasteiger charge is -2.15. The maximum atomic E-state index is 5.73. The van der Waals surface area contributed by atoms with Crippen LogP contribution in [0.15, 0.2) is 12.3 Å². The third-order valence-electron chi connectivity index (χ3n) is 3.25. The summed E-state index contributed by atoms with van der Waals surface area (Å²) in [7, 11) is 1.66. The zero-order valence-electron chi connectivity index (χ0n) is 14.0. The molecule has 2 atom stereocenters. The van der Waals surface area contributed by atoms with Crippen molar-refractivity contribution in [3.8, 4) is 0 Å². The molecule has 0 aromatic carbocycles. The van der Waals surface area contributed by atoms with Gasteiger partial charge in [0.05, 0.1) is 12.4 Å². The lowest BCUT2D eigenvalue weighted by Crippen LogP contribution is -2.13. The molecule has 0 aliphatic carbocycles. The van der Waals surface area contributed by atoms with Crippen molar-refractivity contribution in [3.05, 3.63) is 12.3 Å². The van der Waals surface area contributed by atoms with Crippen molar-refractivity contribution in [1.29, 1.82) is 0 Å². The Hall–Kier alpha value is 0.111. The van der Waals surface area contributed by atoms with Gasteiger partial charge in [-0.1, -0.05) is 32.6 Å². The number of hydrogen-bond acceptors (Lipinski definition) is 3. The molecular formula is C15H30O3Si3. The van der Waals surface area contributed by atoms with E-state index < -0.39 is 0 Å². The number of unbranched alkanes of at least 4 members (excludes halogenated alkanes) is 3. The molecule has 0 aliphatic heterocycles. The maximum absolute atomic E-state index is 5.73. The fourth-order valence-electron chi connectivity index (χ4n) is 2.12. The Labute approximate surface area is 139 Å². The molecule has 0 bridgehead atoms. The predicted octanol–water partition coefficient (Wildman–Crippen LogP) is 4.04. The van der Waals surface area contributed by atoms with Crippen LogP contribution in [0.5, 0.6) is 0 Å². The van der Waals surface area contributed by atoms with E-state index in [1.165, 1.54) is 32.1 Å². The normalized spacial score (nSPS) is 14.5. The Bertz CT molecular complexity index is 240. The van der Waals surface area contributed by atoms with E-state index in [-0.39, 0.29) is 6.10 Å². The molecule has 2 unspecified atom stereocenters. The second-order valence-corrected chi connectivity index (χ2v) is 6.79. The van der Waals surface area contributed by atoms with E-state index in [2.05, 4.69) is 26.1 Å². The van der Waals surface area contributed by atoms with Crippen molar-refractivity contribution >= 4 is 29.3 Å². The average Bonchev–Trinajstić information content (AvgIpc) is 2.49. The lowest BCUT2D eigenvalue weighted by molar-refractivity contribution is 0.192. The Morgan fingerprint density at radius 1 is 0.857 bits per heavy atom. The molecule has 0 aliphatic rings. The molecule has 6 heteroatoms. The molecule has 0 spiro atoms. The maximum Gasteiger partial charge on any atom is 0.306 e. The summed E-state index contributed by atoms with van der Waals surface area (Å²) in [6, 6.07) is 0. The standard InChI is InChI=1S/C15H30O3Si3/c1-5-14(17-20-3)10-8-6-7-9-11-15(18-21-4)12-13-16-19-2/h12-15H,5-11H2,1-4H3. The summed E-state index contributed by atoms with van der Waals surface area (Å²) < 4.78 is 16.7. The van der Waals surface area contributed by atoms with E-state index in [1.807, 2.05) is 6.55 Å². The molecular weight excluding hydrogens is 312 g/mol. The number of rotatable bonds is 15. The first-order valence-corrected chi connectivity index (χ1v) is 12.1. The van der Waals surface area contributed by atoms with Crippen LogP contribution in [0.25, 0.3) is 0 Å². The highest BCUT2D eigenvalue weighted by Crippen LogP contribution is 2.13. The van der Waals surface area contributed by atoms with Crippen molar-refractivity contribution < 1.29 is 13.3 Å². The van der Waals surface area contributed by atoms with Crippen molar-refractivity contribution in [2.45, 2.75) is 83.7 Å². The molecule has 0 fully saturated rings. The minimum atomic E-state index is 0.220. The van der Waals surface area contributed by atoms with Crippen molar-refractivity contribution in [2.24, 2.45) is 0 Å². The average molecular weight is 343 g/mol. The summed E-state index contributed by atoms with van der Waals surface area (Å²) in [6.07, 6.45) is 13.0. The van der Waals surface area contributed by atoms with Crippen LogP contribution in [0, 0.1) is 0 Å². The second-order valence-electron chi connectivity index (χ2n) is 4.85. The molecule has 21 heavy (non-hydrogen) atoms. The number of hydrogen-bond donors (Lipinski definition) is 0. The lowest BCUT2D eigenvalue weighted by atomic mass is 10.1. The first-order valence-electron chi connectivity index (χ1n) is 7.92. The van der Waals surface area contributed by atoms with Gasteiger partial charge in [-0.3, -0.25) is 0 Å². The van der Waals surface area contributed by atoms with Gasteiger partial charge >= 0.3 is 9.76 Å². The topological polar surface area (TPSA) is 27.7 Å². The molecule has 3 nitrogen and oxygen atoms in total. The van der Waals surface area contributed by atoms with Crippen LogP contribution in [0.4, 0.5) is 0 Å². The van der Waals surface area contributed by atoms with Gasteiger partial charge in [0.15, 0.2) is 0 Å². The quantitative estimate of drug-likeness (QED) is 0.255. The van der Waals surface area contributed by atoms with Crippen LogP contribution < -0.4 is 0 Å². The summed E-state index contributed by atoms with van der Waals surface area (Å²) in [5, 5.41) is 0. The molecule has 0 N–H and O–H groups in total. The third kappa shape index (κ3) is 13.5. The fourth-order valence-corrected chi connectivity index (χ4v) is 3.46. The Morgan fingerprint density at radius 2 is 1.52 bits per heavy atom. The van der Waals surface area contributed by atoms with E-state index in [9.17, 15) is 0 Å². The van der Waals surface area contributed by atoms with Gasteiger partial charge in [0, 0.05) is 6.10 Å². The summed E-state index contributed by atoms with van der Waals surface area (Å²) >= 11 is 0. The van der Waals surface area contributed by atoms with Crippen LogP contribution in [-0.2, 0) is 13.3 Å². The van der Waals surface area contributed by atoms with Crippen molar-refractivity contribution in [1.82, 2.24) is 0 Å². The minimum absolute atomic E-state index is 0.220. The molecule has 0 heterocycles. The van der Waals surface area contributed by atoms with Crippen LogP contribution >= 0.6 is 0 Å². The van der Waals surface area contributed by atoms with E-state index in [1.54, 1.807) is 6.26 Å². The van der Waals surface area contributed by atoms with Gasteiger partial charge in [-0.25, -0.2) is 0 Å². The van der Waals surface area contributed by atoms with Gasteiger partial charge in [0.1, 0.15) is 0 Å². The van der Waals surface area contributed by atoms with E-state index in [4.69, 9.17) is 13.3 Å². The Balaban J connectivity index is 3.65. The highest BCUT2D eigenvalue weighted by atomic mass is 28.2. The van der Waals surface area contributed by atoms with Crippen LogP contribution in [0.2, 0.25) is 19.6 Å². The van der Waals surface area contributed by atoms with Gasteiger partial charge in [0.25, 0.3) is 0 Å². The van der Waals surface area contributed by atoms with Gasteiger partial charge in [-0.2, -0.15) is 0 Å². The largest absolute Gasteiger partial charge is 0.547 e. The predicted molar refractivity (Wildman–Crippen MR) is 92.8 cm³/mol. The first-order chi connectivity index (χ1) is 10.3. The molecule has 120 valence electrons. The van der Waals surface area contributed by atoms with Gasteiger partial charge in [-0.05, 0) is 45.0 Å². The van der Waals surface area contributed by atoms with Gasteiger partial charge in [-0.15, -0.1) is 0 Å². The molecule has 0 aromatic heterocycles. The van der Waals surface area contributed by atoms with E-state index in [0.29, 0.717) is 35.4 Å². The molecule has 0 saturated carbocycles. The first kappa shape index (κ1) is 21.1. The summed E-state index contributed by atoms with van der Waals surface area (Å²) in [6.45, 7) is 8.41. The highest BCUT2D eigenvalue weighted by molar-refractivity contribution is 6.25. The monoisotopic (exact) mass is 342 g/mol. The summed E-state index contributed by atoms with van der Waals surface area (Å²) in [5.74, 6) is 0. The van der Waals surface area contributed by atoms with Crippen molar-refractivity contribution in [3.63, 3.8) is 0 Å². The molecule has 0 aromatic rings. The van der Waals surface area contributed by atoms with Crippen LogP contribution in [0.3, 0.4) is 0 Å². The van der Waals surface area contributed by atoms with Crippen LogP contribution in [0.1, 0.15) is 51.9 Å². The molecule has 0 amide bonds. The van der Waals surface area contributed by atoms with E-state index in [0.717, 1.165) is 12.8 Å². The summed E-state index contributed by atoms with van der Waals surface area (Å²) in [4.78, 5) is 0. The minimum Gasteiger partial charge on any atom is -0.547 e. The fraction of sp³-hybridized carbons (Fsp3) is 0.867. The second kappa shape index (κ2) is 16.5. The molecule has 6 radical (unpaired) electrons. The smallest absolute Gasteiger partial charge is 0.306 e. The molecule has 0 saturated heterocycles. The van der Waals surface area contributed by atoms with Crippen molar-refractivity contribution in [2.75, 3.05) is 0 Å². The SMILES string of the molecule is CCC(CCCCCCC(C=CO[Si]C)O[Si]C)O[Si]C. The zero-order chi connectivity index (χ0) is 15.8. The zero-order valence-corrected chi connectivity index (χ0v) is 17.0. The highest BCUT2D eigenvalue weighted by Gasteiger charge is 2.06. The third-order valence-corrected chi connectivity index (χ3v) is 4.73. The summed E-state index contributed by atoms with van der Waals surface area (Å²) in [5.41, 5.74) is 0. The Kier molecular flexibility index (Phi) is 16.6. The molecule has 0 rings (SSSR count). The Morgan fingerprint density at radius 3 is 2.10 bits per heavy atom. The van der Waals surface area contributed by atoms with Gasteiger partial charge < -0.3 is 13.3 Å². The van der Waals surface area contributed by atoms with Crippen LogP contribution in [-0.4, -0.2) is 41.5 Å². The van der Waals surface area contributed by atoms with Gasteiger partial charge in [0.2, 0.25) is 19.5 Å². The van der Waals surface area contributed by atoms with E-state index >= 15 is 0 Å².